The van der Waals surface area contributed by atoms with Crippen molar-refractivity contribution in [1.82, 2.24) is 5.32 Å². The molecule has 6 heteroatoms. The molecule has 0 radical (unpaired) electrons. The fraction of sp³-hybridized carbons (Fsp3) is 0.917. The van der Waals surface area contributed by atoms with E-state index in [1.165, 1.54) is 0 Å². The molecule has 1 aliphatic carbocycles. The van der Waals surface area contributed by atoms with E-state index in [0.717, 1.165) is 19.3 Å². The molecule has 18 heavy (non-hydrogen) atoms. The third-order valence-corrected chi connectivity index (χ3v) is 6.26. The maximum Gasteiger partial charge on any atom is 0.227 e. The molecule has 1 saturated carbocycles. The molecule has 1 heterocycles. The Morgan fingerprint density at radius 2 is 2.17 bits per heavy atom. The van der Waals surface area contributed by atoms with E-state index in [2.05, 4.69) is 5.32 Å². The summed E-state index contributed by atoms with van der Waals surface area (Å²) in [5.41, 5.74) is 5.51. The Kier molecular flexibility index (Phi) is 3.69. The zero-order valence-corrected chi connectivity index (χ0v) is 11.6. The smallest absolute Gasteiger partial charge is 0.227 e. The van der Waals surface area contributed by atoms with Crippen molar-refractivity contribution >= 4 is 15.7 Å². The van der Waals surface area contributed by atoms with Gasteiger partial charge < -0.3 is 11.1 Å². The third kappa shape index (κ3) is 2.69. The summed E-state index contributed by atoms with van der Waals surface area (Å²) in [5, 5.41) is 2.89. The van der Waals surface area contributed by atoms with Gasteiger partial charge in [0.05, 0.1) is 16.9 Å². The topological polar surface area (TPSA) is 89.3 Å². The number of nitrogens with two attached hydrogens (primary N) is 1. The van der Waals surface area contributed by atoms with Gasteiger partial charge >= 0.3 is 0 Å². The van der Waals surface area contributed by atoms with E-state index in [1.54, 1.807) is 0 Å². The summed E-state index contributed by atoms with van der Waals surface area (Å²) in [6.07, 6.45) is 3.36. The Balaban J connectivity index is 1.86. The number of carbonyl (C=O) groups excluding carboxylic acids is 1. The Bertz CT molecular complexity index is 435. The van der Waals surface area contributed by atoms with E-state index in [-0.39, 0.29) is 29.4 Å². The molecule has 0 bridgehead atoms. The van der Waals surface area contributed by atoms with Crippen LogP contribution >= 0.6 is 0 Å². The first-order chi connectivity index (χ1) is 8.33. The normalized spacial score (nSPS) is 38.8. The van der Waals surface area contributed by atoms with Gasteiger partial charge in [-0.2, -0.15) is 0 Å². The van der Waals surface area contributed by atoms with Gasteiger partial charge in [0.25, 0.3) is 0 Å². The Labute approximate surface area is 108 Å². The summed E-state index contributed by atoms with van der Waals surface area (Å²) in [7, 11) is -2.86. The van der Waals surface area contributed by atoms with Gasteiger partial charge in [0.15, 0.2) is 9.84 Å². The average molecular weight is 274 g/mol. The first kappa shape index (κ1) is 13.8. The zero-order chi connectivity index (χ0) is 13.4. The molecular weight excluding hydrogens is 252 g/mol. The third-order valence-electron chi connectivity index (χ3n) is 4.43. The van der Waals surface area contributed by atoms with Crippen LogP contribution in [0.5, 0.6) is 0 Å². The number of carbonyl (C=O) groups is 1. The van der Waals surface area contributed by atoms with Gasteiger partial charge in [0.1, 0.15) is 0 Å². The van der Waals surface area contributed by atoms with Crippen LogP contribution in [0.4, 0.5) is 0 Å². The monoisotopic (exact) mass is 274 g/mol. The lowest BCUT2D eigenvalue weighted by atomic mass is 9.84. The Morgan fingerprint density at radius 3 is 2.67 bits per heavy atom. The molecule has 5 nitrogen and oxygen atoms in total. The molecule has 0 spiro atoms. The summed E-state index contributed by atoms with van der Waals surface area (Å²) >= 11 is 0. The van der Waals surface area contributed by atoms with Crippen LogP contribution in [0.1, 0.15) is 32.6 Å². The van der Waals surface area contributed by atoms with Gasteiger partial charge in [0, 0.05) is 12.6 Å². The van der Waals surface area contributed by atoms with E-state index < -0.39 is 15.3 Å². The molecule has 3 atom stereocenters. The van der Waals surface area contributed by atoms with Crippen LogP contribution in [0.15, 0.2) is 0 Å². The van der Waals surface area contributed by atoms with Gasteiger partial charge in [-0.3, -0.25) is 4.79 Å². The first-order valence-corrected chi connectivity index (χ1v) is 8.40. The van der Waals surface area contributed by atoms with Crippen LogP contribution in [-0.2, 0) is 14.6 Å². The molecule has 1 amide bonds. The van der Waals surface area contributed by atoms with Crippen LogP contribution in [-0.4, -0.2) is 38.4 Å². The van der Waals surface area contributed by atoms with Crippen molar-refractivity contribution in [2.45, 2.75) is 38.6 Å². The van der Waals surface area contributed by atoms with Crippen molar-refractivity contribution in [2.24, 2.45) is 17.1 Å². The second-order valence-electron chi connectivity index (χ2n) is 5.90. The van der Waals surface area contributed by atoms with Crippen molar-refractivity contribution < 1.29 is 13.2 Å². The molecule has 1 aliphatic heterocycles. The lowest BCUT2D eigenvalue weighted by molar-refractivity contribution is -0.130. The number of hydrogen-bond acceptors (Lipinski definition) is 4. The molecule has 2 rings (SSSR count). The predicted molar refractivity (Wildman–Crippen MR) is 69.7 cm³/mol. The largest absolute Gasteiger partial charge is 0.355 e. The molecule has 3 unspecified atom stereocenters. The molecule has 2 fully saturated rings. The highest BCUT2D eigenvalue weighted by Crippen LogP contribution is 2.36. The number of nitrogens with one attached hydrogen (secondary N) is 1. The molecule has 1 saturated heterocycles. The van der Waals surface area contributed by atoms with Crippen LogP contribution < -0.4 is 11.1 Å². The van der Waals surface area contributed by atoms with Crippen LogP contribution in [0.3, 0.4) is 0 Å². The second kappa shape index (κ2) is 4.81. The average Bonchev–Trinajstić information content (AvgIpc) is 2.80. The minimum atomic E-state index is -2.86. The quantitative estimate of drug-likeness (QED) is 0.761. The van der Waals surface area contributed by atoms with E-state index in [0.29, 0.717) is 13.0 Å². The number of sulfone groups is 1. The van der Waals surface area contributed by atoms with Gasteiger partial charge in [-0.25, -0.2) is 8.42 Å². The van der Waals surface area contributed by atoms with Crippen molar-refractivity contribution in [3.8, 4) is 0 Å². The van der Waals surface area contributed by atoms with Crippen molar-refractivity contribution in [2.75, 3.05) is 18.1 Å². The second-order valence-corrected chi connectivity index (χ2v) is 8.12. The van der Waals surface area contributed by atoms with Gasteiger partial charge in [0.2, 0.25) is 5.91 Å². The standard InChI is InChI=1S/C12H22N2O3S/c1-12(5-2-3-10(12)13)11(15)14-7-9-4-6-18(16,17)8-9/h9-10H,2-8,13H2,1H3,(H,14,15). The molecule has 2 aliphatic rings. The molecular formula is C12H22N2O3S. The molecule has 104 valence electrons. The lowest BCUT2D eigenvalue weighted by Gasteiger charge is -2.28. The minimum absolute atomic E-state index is 0.0169. The van der Waals surface area contributed by atoms with E-state index >= 15 is 0 Å². The van der Waals surface area contributed by atoms with Crippen molar-refractivity contribution in [3.05, 3.63) is 0 Å². The van der Waals surface area contributed by atoms with Crippen LogP contribution in [0.2, 0.25) is 0 Å². The SMILES string of the molecule is CC1(C(=O)NCC2CCS(=O)(=O)C2)CCCC1N. The van der Waals surface area contributed by atoms with E-state index in [9.17, 15) is 13.2 Å². The summed E-state index contributed by atoms with van der Waals surface area (Å²) in [4.78, 5) is 12.2. The Hall–Kier alpha value is -0.620. The summed E-state index contributed by atoms with van der Waals surface area (Å²) in [5.74, 6) is 0.511. The maximum atomic E-state index is 12.2. The number of hydrogen-bond donors (Lipinski definition) is 2. The number of rotatable bonds is 3. The van der Waals surface area contributed by atoms with Gasteiger partial charge in [-0.05, 0) is 32.1 Å². The first-order valence-electron chi connectivity index (χ1n) is 6.58. The zero-order valence-electron chi connectivity index (χ0n) is 10.8. The van der Waals surface area contributed by atoms with Crippen LogP contribution in [0, 0.1) is 11.3 Å². The van der Waals surface area contributed by atoms with Crippen molar-refractivity contribution in [3.63, 3.8) is 0 Å². The fourth-order valence-electron chi connectivity index (χ4n) is 2.95. The lowest BCUT2D eigenvalue weighted by Crippen LogP contribution is -2.48. The minimum Gasteiger partial charge on any atom is -0.355 e. The summed E-state index contributed by atoms with van der Waals surface area (Å²) < 4.78 is 22.6. The molecule has 3 N–H and O–H groups in total. The fourth-order valence-corrected chi connectivity index (χ4v) is 4.81. The van der Waals surface area contributed by atoms with Crippen LogP contribution in [0.25, 0.3) is 0 Å². The Morgan fingerprint density at radius 1 is 1.44 bits per heavy atom. The summed E-state index contributed by atoms with van der Waals surface area (Å²) in [6.45, 7) is 2.37. The van der Waals surface area contributed by atoms with E-state index in [4.69, 9.17) is 5.73 Å². The molecule has 0 aromatic carbocycles. The number of amides is 1. The van der Waals surface area contributed by atoms with Gasteiger partial charge in [-0.1, -0.05) is 6.42 Å². The molecule has 0 aromatic heterocycles. The maximum absolute atomic E-state index is 12.2. The highest BCUT2D eigenvalue weighted by Gasteiger charge is 2.43. The summed E-state index contributed by atoms with van der Waals surface area (Å²) in [6, 6.07) is -0.0789. The van der Waals surface area contributed by atoms with Crippen molar-refractivity contribution in [1.29, 1.82) is 0 Å². The molecule has 0 aromatic rings. The van der Waals surface area contributed by atoms with E-state index in [1.807, 2.05) is 6.92 Å². The van der Waals surface area contributed by atoms with Gasteiger partial charge in [-0.15, -0.1) is 0 Å². The predicted octanol–water partition coefficient (Wildman–Crippen LogP) is 0.0548. The highest BCUT2D eigenvalue weighted by atomic mass is 32.2. The highest BCUT2D eigenvalue weighted by molar-refractivity contribution is 7.91.